The molecule has 0 radical (unpaired) electrons. The zero-order chi connectivity index (χ0) is 14.7. The third kappa shape index (κ3) is 3.54. The van der Waals surface area contributed by atoms with Crippen LogP contribution >= 0.6 is 15.9 Å². The van der Waals surface area contributed by atoms with Gasteiger partial charge in [-0.3, -0.25) is 0 Å². The molecule has 3 nitrogen and oxygen atoms in total. The number of hydrogen-bond donors (Lipinski definition) is 1. The van der Waals surface area contributed by atoms with E-state index < -0.39 is 0 Å². The summed E-state index contributed by atoms with van der Waals surface area (Å²) in [5.41, 5.74) is 8.73. The first-order valence-corrected chi connectivity index (χ1v) is 8.20. The van der Waals surface area contributed by atoms with Crippen LogP contribution in [0.3, 0.4) is 0 Å². The van der Waals surface area contributed by atoms with Crippen LogP contribution in [-0.2, 0) is 11.2 Å². The highest BCUT2D eigenvalue weighted by molar-refractivity contribution is 9.10. The maximum atomic E-state index is 6.14. The number of nitrogens with zero attached hydrogens (tertiary/aromatic N) is 1. The van der Waals surface area contributed by atoms with E-state index in [1.807, 2.05) is 0 Å². The Labute approximate surface area is 130 Å². The van der Waals surface area contributed by atoms with Crippen LogP contribution in [0.5, 0.6) is 0 Å². The summed E-state index contributed by atoms with van der Waals surface area (Å²) in [5.74, 6) is 0. The third-order valence-corrected chi connectivity index (χ3v) is 4.76. The van der Waals surface area contributed by atoms with Crippen molar-refractivity contribution in [3.63, 3.8) is 0 Å². The number of benzene rings is 1. The highest BCUT2D eigenvalue weighted by Gasteiger charge is 2.29. The Kier molecular flexibility index (Phi) is 5.47. The predicted molar refractivity (Wildman–Crippen MR) is 88.3 cm³/mol. The minimum atomic E-state index is 0.223. The summed E-state index contributed by atoms with van der Waals surface area (Å²) < 4.78 is 6.81. The topological polar surface area (TPSA) is 38.5 Å². The van der Waals surface area contributed by atoms with E-state index in [0.29, 0.717) is 6.04 Å². The minimum absolute atomic E-state index is 0.223. The fourth-order valence-corrected chi connectivity index (χ4v) is 3.22. The van der Waals surface area contributed by atoms with E-state index >= 15 is 0 Å². The monoisotopic (exact) mass is 340 g/mol. The fraction of sp³-hybridized carbons (Fsp3) is 0.625. The lowest BCUT2D eigenvalue weighted by Crippen LogP contribution is -2.37. The van der Waals surface area contributed by atoms with Gasteiger partial charge in [0.15, 0.2) is 0 Å². The van der Waals surface area contributed by atoms with E-state index in [2.05, 4.69) is 59.9 Å². The molecule has 1 aromatic carbocycles. The largest absolute Gasteiger partial charge is 0.376 e. The SMILES string of the molecule is CCC(N)Cc1ccc(Br)cc1N(C)C1CCOC1C. The first kappa shape index (κ1) is 15.8. The quantitative estimate of drug-likeness (QED) is 0.893. The smallest absolute Gasteiger partial charge is 0.0750 e. The Balaban J connectivity index is 2.26. The Morgan fingerprint density at radius 2 is 2.25 bits per heavy atom. The second kappa shape index (κ2) is 6.92. The molecule has 0 bridgehead atoms. The van der Waals surface area contributed by atoms with Crippen LogP contribution in [0, 0.1) is 0 Å². The van der Waals surface area contributed by atoms with Crippen molar-refractivity contribution in [3.8, 4) is 0 Å². The van der Waals surface area contributed by atoms with Gasteiger partial charge in [-0.05, 0) is 43.9 Å². The number of likely N-dealkylation sites (N-methyl/N-ethyl adjacent to an activating group) is 1. The lowest BCUT2D eigenvalue weighted by atomic mass is 10.0. The number of ether oxygens (including phenoxy) is 1. The van der Waals surface area contributed by atoms with Gasteiger partial charge >= 0.3 is 0 Å². The molecule has 0 amide bonds. The van der Waals surface area contributed by atoms with Gasteiger partial charge in [-0.15, -0.1) is 0 Å². The first-order valence-electron chi connectivity index (χ1n) is 7.41. The number of hydrogen-bond acceptors (Lipinski definition) is 3. The van der Waals surface area contributed by atoms with Crippen LogP contribution in [0.4, 0.5) is 5.69 Å². The van der Waals surface area contributed by atoms with Crippen LogP contribution in [-0.4, -0.2) is 31.8 Å². The van der Waals surface area contributed by atoms with Crippen LogP contribution in [0.1, 0.15) is 32.3 Å². The van der Waals surface area contributed by atoms with E-state index in [4.69, 9.17) is 10.5 Å². The first-order chi connectivity index (χ1) is 9.52. The van der Waals surface area contributed by atoms with E-state index in [0.717, 1.165) is 30.3 Å². The molecule has 3 atom stereocenters. The number of rotatable bonds is 5. The van der Waals surface area contributed by atoms with Gasteiger partial charge in [0, 0.05) is 29.9 Å². The molecule has 0 aromatic heterocycles. The molecule has 2 rings (SSSR count). The van der Waals surface area contributed by atoms with Gasteiger partial charge in [0.1, 0.15) is 0 Å². The number of halogens is 1. The van der Waals surface area contributed by atoms with E-state index in [1.54, 1.807) is 0 Å². The van der Waals surface area contributed by atoms with Gasteiger partial charge in [0.25, 0.3) is 0 Å². The normalized spacial score (nSPS) is 23.9. The van der Waals surface area contributed by atoms with Crippen molar-refractivity contribution in [2.45, 2.75) is 51.3 Å². The molecule has 3 unspecified atom stereocenters. The average Bonchev–Trinajstić information content (AvgIpc) is 2.86. The van der Waals surface area contributed by atoms with Gasteiger partial charge < -0.3 is 15.4 Å². The maximum absolute atomic E-state index is 6.14. The minimum Gasteiger partial charge on any atom is -0.376 e. The summed E-state index contributed by atoms with van der Waals surface area (Å²) in [5, 5.41) is 0. The molecule has 4 heteroatoms. The van der Waals surface area contributed by atoms with Crippen molar-refractivity contribution >= 4 is 21.6 Å². The van der Waals surface area contributed by atoms with E-state index in [9.17, 15) is 0 Å². The van der Waals surface area contributed by atoms with Gasteiger partial charge in [0.2, 0.25) is 0 Å². The van der Waals surface area contributed by atoms with Gasteiger partial charge in [-0.2, -0.15) is 0 Å². The standard InChI is InChI=1S/C16H25BrN2O/c1-4-14(18)9-12-5-6-13(17)10-16(12)19(3)15-7-8-20-11(15)2/h5-6,10-11,14-15H,4,7-9,18H2,1-3H3. The molecule has 20 heavy (non-hydrogen) atoms. The summed E-state index contributed by atoms with van der Waals surface area (Å²) in [6.07, 6.45) is 3.29. The van der Waals surface area contributed by atoms with Crippen molar-refractivity contribution in [2.24, 2.45) is 5.73 Å². The van der Waals surface area contributed by atoms with Crippen LogP contribution in [0.25, 0.3) is 0 Å². The second-order valence-corrected chi connectivity index (χ2v) is 6.60. The summed E-state index contributed by atoms with van der Waals surface area (Å²) in [7, 11) is 2.17. The van der Waals surface area contributed by atoms with E-state index in [1.165, 1.54) is 11.3 Å². The van der Waals surface area contributed by atoms with Crippen molar-refractivity contribution in [2.75, 3.05) is 18.6 Å². The molecule has 1 aliphatic heterocycles. The Hall–Kier alpha value is -0.580. The van der Waals surface area contributed by atoms with Crippen LogP contribution < -0.4 is 10.6 Å². The lowest BCUT2D eigenvalue weighted by molar-refractivity contribution is 0.118. The van der Waals surface area contributed by atoms with Crippen LogP contribution in [0.2, 0.25) is 0 Å². The molecule has 2 N–H and O–H groups in total. The molecule has 0 aliphatic carbocycles. The fourth-order valence-electron chi connectivity index (χ4n) is 2.87. The molecule has 112 valence electrons. The van der Waals surface area contributed by atoms with Gasteiger partial charge in [0.05, 0.1) is 12.1 Å². The molecule has 1 heterocycles. The number of nitrogens with two attached hydrogens (primary N) is 1. The van der Waals surface area contributed by atoms with Crippen molar-refractivity contribution < 1.29 is 4.74 Å². The molecule has 1 fully saturated rings. The molecular formula is C16H25BrN2O. The number of anilines is 1. The summed E-state index contributed by atoms with van der Waals surface area (Å²) in [6, 6.07) is 7.15. The van der Waals surface area contributed by atoms with Crippen molar-refractivity contribution in [1.29, 1.82) is 0 Å². The van der Waals surface area contributed by atoms with Gasteiger partial charge in [-0.1, -0.05) is 28.9 Å². The third-order valence-electron chi connectivity index (χ3n) is 4.27. The maximum Gasteiger partial charge on any atom is 0.0750 e. The van der Waals surface area contributed by atoms with Gasteiger partial charge in [-0.25, -0.2) is 0 Å². The molecule has 1 aliphatic rings. The summed E-state index contributed by atoms with van der Waals surface area (Å²) in [6.45, 7) is 5.15. The average molecular weight is 341 g/mol. The van der Waals surface area contributed by atoms with Crippen molar-refractivity contribution in [3.05, 3.63) is 28.2 Å². The predicted octanol–water partition coefficient (Wildman–Crippen LogP) is 3.34. The second-order valence-electron chi connectivity index (χ2n) is 5.69. The zero-order valence-corrected chi connectivity index (χ0v) is 14.2. The highest BCUT2D eigenvalue weighted by Crippen LogP contribution is 2.30. The van der Waals surface area contributed by atoms with E-state index in [-0.39, 0.29) is 12.1 Å². The zero-order valence-electron chi connectivity index (χ0n) is 12.6. The van der Waals surface area contributed by atoms with Crippen molar-refractivity contribution in [1.82, 2.24) is 0 Å². The Morgan fingerprint density at radius 3 is 2.85 bits per heavy atom. The molecule has 1 aromatic rings. The molecule has 0 saturated carbocycles. The molecule has 0 spiro atoms. The molecule has 1 saturated heterocycles. The highest BCUT2D eigenvalue weighted by atomic mass is 79.9. The Morgan fingerprint density at radius 1 is 1.50 bits per heavy atom. The summed E-state index contributed by atoms with van der Waals surface area (Å²) in [4.78, 5) is 2.36. The summed E-state index contributed by atoms with van der Waals surface area (Å²) >= 11 is 3.58. The molecular weight excluding hydrogens is 316 g/mol. The Bertz CT molecular complexity index is 452. The van der Waals surface area contributed by atoms with Crippen LogP contribution in [0.15, 0.2) is 22.7 Å². The lowest BCUT2D eigenvalue weighted by Gasteiger charge is -2.31.